The lowest BCUT2D eigenvalue weighted by Crippen LogP contribution is -2.03. The second-order valence-corrected chi connectivity index (χ2v) is 5.20. The van der Waals surface area contributed by atoms with E-state index in [1.165, 1.54) is 0 Å². The van der Waals surface area contributed by atoms with Gasteiger partial charge in [0.1, 0.15) is 0 Å². The maximum atomic E-state index is 12.0. The first-order valence-electron chi connectivity index (χ1n) is 5.81. The molecular formula is C15H10BrNO2. The first-order chi connectivity index (χ1) is 9.15. The Morgan fingerprint density at radius 2 is 1.95 bits per heavy atom. The molecular weight excluding hydrogens is 306 g/mol. The van der Waals surface area contributed by atoms with Gasteiger partial charge in [-0.15, -0.1) is 0 Å². The number of aromatic nitrogens is 1. The van der Waals surface area contributed by atoms with Gasteiger partial charge in [-0.1, -0.05) is 34.1 Å². The van der Waals surface area contributed by atoms with Gasteiger partial charge in [0.05, 0.1) is 10.9 Å². The summed E-state index contributed by atoms with van der Waals surface area (Å²) in [7, 11) is 0. The van der Waals surface area contributed by atoms with E-state index in [9.17, 15) is 4.79 Å². The molecule has 0 aliphatic carbocycles. The van der Waals surface area contributed by atoms with Crippen LogP contribution in [0.4, 0.5) is 0 Å². The van der Waals surface area contributed by atoms with Crippen molar-refractivity contribution in [2.75, 3.05) is 0 Å². The lowest BCUT2D eigenvalue weighted by atomic mass is 10.1. The normalized spacial score (nSPS) is 10.8. The van der Waals surface area contributed by atoms with Gasteiger partial charge in [0.25, 0.3) is 0 Å². The average Bonchev–Trinajstić information content (AvgIpc) is 2.40. The van der Waals surface area contributed by atoms with E-state index in [0.29, 0.717) is 16.8 Å². The van der Waals surface area contributed by atoms with E-state index in [1.54, 1.807) is 12.1 Å². The number of benzene rings is 2. The van der Waals surface area contributed by atoms with E-state index in [0.717, 1.165) is 15.6 Å². The highest BCUT2D eigenvalue weighted by Crippen LogP contribution is 2.23. The van der Waals surface area contributed by atoms with Gasteiger partial charge in [0.15, 0.2) is 0 Å². The topological polar surface area (TPSA) is 43.1 Å². The van der Waals surface area contributed by atoms with Crippen molar-refractivity contribution in [1.29, 1.82) is 0 Å². The van der Waals surface area contributed by atoms with Gasteiger partial charge in [-0.05, 0) is 36.8 Å². The van der Waals surface area contributed by atoms with Gasteiger partial charge in [-0.3, -0.25) is 0 Å². The Morgan fingerprint density at radius 1 is 1.16 bits per heavy atom. The minimum absolute atomic E-state index is 0.359. The largest absolute Gasteiger partial charge is 0.403 e. The number of hydrogen-bond acceptors (Lipinski definition) is 3. The Balaban J connectivity index is 2.31. The van der Waals surface area contributed by atoms with Crippen molar-refractivity contribution in [1.82, 2.24) is 4.98 Å². The van der Waals surface area contributed by atoms with Crippen LogP contribution in [0.25, 0.3) is 22.4 Å². The number of fused-ring (bicyclic) bond motifs is 1. The van der Waals surface area contributed by atoms with Gasteiger partial charge in [0, 0.05) is 10.0 Å². The summed E-state index contributed by atoms with van der Waals surface area (Å²) in [4.78, 5) is 16.4. The van der Waals surface area contributed by atoms with Crippen LogP contribution in [0.3, 0.4) is 0 Å². The second-order valence-electron chi connectivity index (χ2n) is 4.28. The van der Waals surface area contributed by atoms with Crippen molar-refractivity contribution >= 4 is 26.8 Å². The molecule has 1 aromatic heterocycles. The predicted octanol–water partition coefficient (Wildman–Crippen LogP) is 3.93. The summed E-state index contributed by atoms with van der Waals surface area (Å²) < 4.78 is 6.16. The van der Waals surface area contributed by atoms with Crippen LogP contribution in [0.15, 0.2) is 56.1 Å². The molecule has 0 bridgehead atoms. The second kappa shape index (κ2) is 4.63. The van der Waals surface area contributed by atoms with E-state index >= 15 is 0 Å². The van der Waals surface area contributed by atoms with Gasteiger partial charge in [-0.25, -0.2) is 9.78 Å². The molecule has 0 aliphatic rings. The number of nitrogens with zero attached hydrogens (tertiary/aromatic N) is 1. The molecule has 0 fully saturated rings. The molecule has 0 atom stereocenters. The molecule has 0 N–H and O–H groups in total. The third-order valence-electron chi connectivity index (χ3n) is 2.97. The van der Waals surface area contributed by atoms with Crippen molar-refractivity contribution < 1.29 is 4.42 Å². The zero-order chi connectivity index (χ0) is 13.4. The van der Waals surface area contributed by atoms with Crippen molar-refractivity contribution in [3.63, 3.8) is 0 Å². The summed E-state index contributed by atoms with van der Waals surface area (Å²) in [6.07, 6.45) is 0. The molecule has 1 heterocycles. The summed E-state index contributed by atoms with van der Waals surface area (Å²) in [6.45, 7) is 1.96. The van der Waals surface area contributed by atoms with Crippen LogP contribution in [-0.2, 0) is 0 Å². The average molecular weight is 316 g/mol. The maximum absolute atomic E-state index is 12.0. The number of hydrogen-bond donors (Lipinski definition) is 0. The Kier molecular flexibility index (Phi) is 2.95. The van der Waals surface area contributed by atoms with Crippen molar-refractivity contribution in [2.24, 2.45) is 0 Å². The Bertz CT molecular complexity index is 824. The zero-order valence-corrected chi connectivity index (χ0v) is 11.8. The Morgan fingerprint density at radius 3 is 2.74 bits per heavy atom. The molecule has 3 rings (SSSR count). The van der Waals surface area contributed by atoms with Crippen LogP contribution < -0.4 is 5.63 Å². The van der Waals surface area contributed by atoms with E-state index in [1.807, 2.05) is 37.3 Å². The van der Waals surface area contributed by atoms with Gasteiger partial charge in [-0.2, -0.15) is 0 Å². The fraction of sp³-hybridized carbons (Fsp3) is 0.0667. The summed E-state index contributed by atoms with van der Waals surface area (Å²) >= 11 is 3.33. The monoisotopic (exact) mass is 315 g/mol. The molecule has 3 nitrogen and oxygen atoms in total. The lowest BCUT2D eigenvalue weighted by Gasteiger charge is -2.04. The highest BCUT2D eigenvalue weighted by molar-refractivity contribution is 9.10. The molecule has 19 heavy (non-hydrogen) atoms. The van der Waals surface area contributed by atoms with Crippen LogP contribution in [0.5, 0.6) is 0 Å². The molecule has 2 aromatic carbocycles. The van der Waals surface area contributed by atoms with Gasteiger partial charge >= 0.3 is 5.63 Å². The molecule has 4 heteroatoms. The molecule has 94 valence electrons. The molecule has 0 spiro atoms. The fourth-order valence-corrected chi connectivity index (χ4v) is 2.33. The molecule has 0 saturated carbocycles. The van der Waals surface area contributed by atoms with Crippen LogP contribution in [0.1, 0.15) is 5.56 Å². The third kappa shape index (κ3) is 2.19. The first kappa shape index (κ1) is 12.1. The van der Waals surface area contributed by atoms with Crippen molar-refractivity contribution in [3.05, 3.63) is 62.9 Å². The molecule has 0 unspecified atom stereocenters. The SMILES string of the molecule is Cc1ccccc1-c1nc2ccc(Br)cc2c(=O)o1. The minimum Gasteiger partial charge on any atom is -0.403 e. The summed E-state index contributed by atoms with van der Waals surface area (Å²) in [5, 5.41) is 0.478. The third-order valence-corrected chi connectivity index (χ3v) is 3.46. The van der Waals surface area contributed by atoms with Crippen molar-refractivity contribution in [3.8, 4) is 11.5 Å². The minimum atomic E-state index is -0.371. The zero-order valence-electron chi connectivity index (χ0n) is 10.2. The van der Waals surface area contributed by atoms with Gasteiger partial charge in [0.2, 0.25) is 5.89 Å². The summed E-state index contributed by atoms with van der Waals surface area (Å²) in [5.74, 6) is 0.359. The smallest absolute Gasteiger partial charge is 0.347 e. The molecule has 0 amide bonds. The molecule has 0 radical (unpaired) electrons. The summed E-state index contributed by atoms with van der Waals surface area (Å²) in [6, 6.07) is 13.1. The van der Waals surface area contributed by atoms with E-state index in [4.69, 9.17) is 4.42 Å². The standard InChI is InChI=1S/C15H10BrNO2/c1-9-4-2-3-5-11(9)14-17-13-7-6-10(16)8-12(13)15(18)19-14/h2-8H,1H3. The van der Waals surface area contributed by atoms with E-state index < -0.39 is 0 Å². The molecule has 0 saturated heterocycles. The number of rotatable bonds is 1. The lowest BCUT2D eigenvalue weighted by molar-refractivity contribution is 0.518. The predicted molar refractivity (Wildman–Crippen MR) is 78.2 cm³/mol. The summed E-state index contributed by atoms with van der Waals surface area (Å²) in [5.41, 5.74) is 2.13. The highest BCUT2D eigenvalue weighted by Gasteiger charge is 2.10. The van der Waals surface area contributed by atoms with Crippen LogP contribution >= 0.6 is 15.9 Å². The maximum Gasteiger partial charge on any atom is 0.347 e. The highest BCUT2D eigenvalue weighted by atomic mass is 79.9. The number of aryl methyl sites for hydroxylation is 1. The van der Waals surface area contributed by atoms with Gasteiger partial charge < -0.3 is 4.42 Å². The van der Waals surface area contributed by atoms with Crippen molar-refractivity contribution in [2.45, 2.75) is 6.92 Å². The van der Waals surface area contributed by atoms with E-state index in [2.05, 4.69) is 20.9 Å². The van der Waals surface area contributed by atoms with Crippen LogP contribution in [-0.4, -0.2) is 4.98 Å². The number of halogens is 1. The Hall–Kier alpha value is -1.94. The van der Waals surface area contributed by atoms with Crippen LogP contribution in [0, 0.1) is 6.92 Å². The van der Waals surface area contributed by atoms with Crippen LogP contribution in [0.2, 0.25) is 0 Å². The molecule has 0 aliphatic heterocycles. The quantitative estimate of drug-likeness (QED) is 0.683. The Labute approximate surface area is 118 Å². The fourth-order valence-electron chi connectivity index (χ4n) is 1.97. The molecule has 3 aromatic rings. The first-order valence-corrected chi connectivity index (χ1v) is 6.61. The van der Waals surface area contributed by atoms with E-state index in [-0.39, 0.29) is 5.63 Å².